The van der Waals surface area contributed by atoms with Crippen molar-refractivity contribution in [3.8, 4) is 5.75 Å². The lowest BCUT2D eigenvalue weighted by molar-refractivity contribution is -0.137. The Morgan fingerprint density at radius 2 is 1.82 bits per heavy atom. The topological polar surface area (TPSA) is 94.8 Å². The van der Waals surface area contributed by atoms with E-state index in [1.54, 1.807) is 12.1 Å². The monoisotopic (exact) mass is 449 g/mol. The lowest BCUT2D eigenvalue weighted by atomic mass is 10.0. The first kappa shape index (κ1) is 22.6. The van der Waals surface area contributed by atoms with Crippen LogP contribution >= 0.6 is 0 Å². The Hall–Kier alpha value is -3.61. The molecule has 1 N–H and O–H groups in total. The van der Waals surface area contributed by atoms with E-state index in [4.69, 9.17) is 13.9 Å². The summed E-state index contributed by atoms with van der Waals surface area (Å²) >= 11 is 0. The number of amides is 1. The Labute approximate surface area is 191 Å². The summed E-state index contributed by atoms with van der Waals surface area (Å²) in [6, 6.07) is 11.9. The molecule has 0 bridgehead atoms. The zero-order chi connectivity index (χ0) is 23.5. The number of nitrogens with one attached hydrogen (secondary N) is 1. The van der Waals surface area contributed by atoms with Crippen molar-refractivity contribution >= 4 is 23.0 Å². The lowest BCUT2D eigenvalue weighted by Crippen LogP contribution is -2.46. The number of rotatable bonds is 6. The number of fused-ring (bicyclic) bond motifs is 3. The van der Waals surface area contributed by atoms with Gasteiger partial charge in [-0.2, -0.15) is 0 Å². The number of ether oxygens (including phenoxy) is 2. The largest absolute Gasteiger partial charge is 0.445 e. The Morgan fingerprint density at radius 1 is 1.09 bits per heavy atom. The van der Waals surface area contributed by atoms with Crippen molar-refractivity contribution in [2.75, 3.05) is 0 Å². The second-order valence-electron chi connectivity index (χ2n) is 8.69. The summed E-state index contributed by atoms with van der Waals surface area (Å²) in [5.41, 5.74) is 3.23. The Kier molecular flexibility index (Phi) is 6.49. The van der Waals surface area contributed by atoms with Crippen LogP contribution in [0.15, 0.2) is 51.7 Å². The Balaban J connectivity index is 1.55. The van der Waals surface area contributed by atoms with Crippen LogP contribution in [0, 0.1) is 12.8 Å². The molecule has 4 rings (SSSR count). The van der Waals surface area contributed by atoms with E-state index in [9.17, 15) is 14.4 Å². The Bertz CT molecular complexity index is 1250. The van der Waals surface area contributed by atoms with Crippen LogP contribution in [0.25, 0.3) is 11.0 Å². The van der Waals surface area contributed by atoms with E-state index in [0.29, 0.717) is 28.7 Å². The summed E-state index contributed by atoms with van der Waals surface area (Å²) in [6.45, 7) is 5.56. The molecule has 1 aromatic heterocycles. The van der Waals surface area contributed by atoms with Crippen molar-refractivity contribution in [2.24, 2.45) is 5.92 Å². The molecule has 2 aromatic carbocycles. The van der Waals surface area contributed by atoms with Crippen molar-refractivity contribution < 1.29 is 23.5 Å². The third kappa shape index (κ3) is 4.92. The van der Waals surface area contributed by atoms with Gasteiger partial charge in [-0.05, 0) is 60.9 Å². The summed E-state index contributed by atoms with van der Waals surface area (Å²) in [7, 11) is 0. The number of aryl methyl sites for hydroxylation is 2. The van der Waals surface area contributed by atoms with E-state index in [1.807, 2.05) is 51.1 Å². The summed E-state index contributed by atoms with van der Waals surface area (Å²) in [5.74, 6) is -0.505. The van der Waals surface area contributed by atoms with Crippen LogP contribution in [0.2, 0.25) is 0 Å². The quantitative estimate of drug-likeness (QED) is 0.339. The number of carbonyl (C=O) groups excluding carboxylic acids is 2. The SMILES string of the molecule is Cc1cc(OC(=O)[C@H](NC(=O)OCc2ccccc2)C(C)C)c2c3c(c(=O)oc2c1)CCC3. The molecule has 0 fully saturated rings. The van der Waals surface area contributed by atoms with Crippen molar-refractivity contribution in [2.45, 2.75) is 52.7 Å². The summed E-state index contributed by atoms with van der Waals surface area (Å²) in [4.78, 5) is 37.8. The molecule has 0 unspecified atom stereocenters. The van der Waals surface area contributed by atoms with Crippen molar-refractivity contribution in [1.82, 2.24) is 5.32 Å². The van der Waals surface area contributed by atoms with Gasteiger partial charge < -0.3 is 19.2 Å². The van der Waals surface area contributed by atoms with Crippen LogP contribution < -0.4 is 15.7 Å². The molecule has 1 amide bonds. The summed E-state index contributed by atoms with van der Waals surface area (Å²) in [6.07, 6.45) is 1.53. The van der Waals surface area contributed by atoms with Gasteiger partial charge in [0.15, 0.2) is 0 Å². The maximum Gasteiger partial charge on any atom is 0.408 e. The molecule has 0 saturated carbocycles. The predicted octanol–water partition coefficient (Wildman–Crippen LogP) is 4.45. The van der Waals surface area contributed by atoms with Gasteiger partial charge in [0.05, 0.1) is 5.39 Å². The van der Waals surface area contributed by atoms with Crippen molar-refractivity contribution in [3.05, 3.63) is 75.1 Å². The first-order valence-electron chi connectivity index (χ1n) is 11.1. The molecule has 0 spiro atoms. The molecular weight excluding hydrogens is 422 g/mol. The molecule has 7 nitrogen and oxygen atoms in total. The van der Waals surface area contributed by atoms with E-state index >= 15 is 0 Å². The van der Waals surface area contributed by atoms with Gasteiger partial charge in [0.1, 0.15) is 24.0 Å². The lowest BCUT2D eigenvalue weighted by Gasteiger charge is -2.21. The van der Waals surface area contributed by atoms with E-state index in [2.05, 4.69) is 5.32 Å². The van der Waals surface area contributed by atoms with Gasteiger partial charge in [-0.1, -0.05) is 44.2 Å². The van der Waals surface area contributed by atoms with Gasteiger partial charge >= 0.3 is 17.7 Å². The third-order valence-corrected chi connectivity index (χ3v) is 5.80. The highest BCUT2D eigenvalue weighted by atomic mass is 16.6. The number of benzene rings is 2. The van der Waals surface area contributed by atoms with Crippen LogP contribution in [-0.2, 0) is 29.0 Å². The van der Waals surface area contributed by atoms with Gasteiger partial charge in [0, 0.05) is 5.56 Å². The third-order valence-electron chi connectivity index (χ3n) is 5.80. The zero-order valence-electron chi connectivity index (χ0n) is 19.0. The molecule has 0 radical (unpaired) electrons. The fourth-order valence-corrected chi connectivity index (χ4v) is 4.15. The van der Waals surface area contributed by atoms with Gasteiger partial charge in [0.25, 0.3) is 0 Å². The number of hydrogen-bond acceptors (Lipinski definition) is 6. The predicted molar refractivity (Wildman–Crippen MR) is 123 cm³/mol. The first-order valence-corrected chi connectivity index (χ1v) is 11.1. The van der Waals surface area contributed by atoms with Gasteiger partial charge in [0.2, 0.25) is 0 Å². The second-order valence-corrected chi connectivity index (χ2v) is 8.69. The maximum atomic E-state index is 13.1. The molecule has 1 heterocycles. The van der Waals surface area contributed by atoms with Crippen LogP contribution in [-0.4, -0.2) is 18.1 Å². The molecule has 7 heteroatoms. The van der Waals surface area contributed by atoms with Crippen LogP contribution in [0.4, 0.5) is 4.79 Å². The number of carbonyl (C=O) groups is 2. The van der Waals surface area contributed by atoms with E-state index in [0.717, 1.165) is 29.5 Å². The highest BCUT2D eigenvalue weighted by Crippen LogP contribution is 2.35. The maximum absolute atomic E-state index is 13.1. The van der Waals surface area contributed by atoms with Crippen LogP contribution in [0.1, 0.15) is 42.5 Å². The molecule has 0 aliphatic heterocycles. The molecule has 0 saturated heterocycles. The number of esters is 1. The fraction of sp³-hybridized carbons (Fsp3) is 0.346. The minimum atomic E-state index is -0.910. The number of alkyl carbamates (subject to hydrolysis) is 1. The molecular formula is C26H27NO6. The van der Waals surface area contributed by atoms with Crippen LogP contribution in [0.5, 0.6) is 5.75 Å². The Morgan fingerprint density at radius 3 is 2.55 bits per heavy atom. The molecule has 33 heavy (non-hydrogen) atoms. The standard InChI is InChI=1S/C26H27NO6/c1-15(2)23(27-26(30)31-14-17-8-5-4-6-9-17)25(29)33-21-13-16(3)12-20-22(21)18-10-7-11-19(18)24(28)32-20/h4-6,8-9,12-13,15,23H,7,10-11,14H2,1-3H3,(H,27,30)/t23-/m1/s1. The molecule has 1 aliphatic rings. The van der Waals surface area contributed by atoms with Crippen molar-refractivity contribution in [3.63, 3.8) is 0 Å². The molecule has 1 aliphatic carbocycles. The highest BCUT2D eigenvalue weighted by molar-refractivity contribution is 5.92. The average Bonchev–Trinajstić information content (AvgIpc) is 3.26. The summed E-state index contributed by atoms with van der Waals surface area (Å²) in [5, 5.41) is 3.27. The number of hydrogen-bond donors (Lipinski definition) is 1. The van der Waals surface area contributed by atoms with E-state index in [-0.39, 0.29) is 18.2 Å². The molecule has 1 atom stereocenters. The normalized spacial score (nSPS) is 13.6. The minimum Gasteiger partial charge on any atom is -0.445 e. The van der Waals surface area contributed by atoms with E-state index < -0.39 is 18.1 Å². The van der Waals surface area contributed by atoms with Gasteiger partial charge in [-0.3, -0.25) is 0 Å². The van der Waals surface area contributed by atoms with E-state index in [1.165, 1.54) is 0 Å². The van der Waals surface area contributed by atoms with Crippen LogP contribution in [0.3, 0.4) is 0 Å². The summed E-state index contributed by atoms with van der Waals surface area (Å²) < 4.78 is 16.6. The zero-order valence-corrected chi connectivity index (χ0v) is 19.0. The van der Waals surface area contributed by atoms with Crippen molar-refractivity contribution in [1.29, 1.82) is 0 Å². The van der Waals surface area contributed by atoms with Gasteiger partial charge in [-0.15, -0.1) is 0 Å². The smallest absolute Gasteiger partial charge is 0.408 e. The average molecular weight is 450 g/mol. The molecule has 3 aromatic rings. The second kappa shape index (κ2) is 9.48. The molecule has 172 valence electrons. The first-order chi connectivity index (χ1) is 15.8. The highest BCUT2D eigenvalue weighted by Gasteiger charge is 2.29. The fourth-order valence-electron chi connectivity index (χ4n) is 4.15. The minimum absolute atomic E-state index is 0.0974. The van der Waals surface area contributed by atoms with Gasteiger partial charge in [-0.25, -0.2) is 14.4 Å².